The van der Waals surface area contributed by atoms with Crippen molar-refractivity contribution >= 4 is 11.8 Å². The molecule has 1 aromatic carbocycles. The van der Waals surface area contributed by atoms with Crippen molar-refractivity contribution in [3.05, 3.63) is 30.1 Å². The van der Waals surface area contributed by atoms with Gasteiger partial charge in [0.25, 0.3) is 0 Å². The van der Waals surface area contributed by atoms with Crippen molar-refractivity contribution in [2.24, 2.45) is 0 Å². The lowest BCUT2D eigenvalue weighted by molar-refractivity contribution is 0.321. The smallest absolute Gasteiger partial charge is 0.123 e. The van der Waals surface area contributed by atoms with Crippen LogP contribution in [-0.4, -0.2) is 29.8 Å². The van der Waals surface area contributed by atoms with Gasteiger partial charge in [0.05, 0.1) is 13.2 Å². The summed E-state index contributed by atoms with van der Waals surface area (Å²) in [4.78, 5) is 0. The first-order chi connectivity index (χ1) is 6.83. The summed E-state index contributed by atoms with van der Waals surface area (Å²) in [7, 11) is 0. The molecule has 0 spiro atoms. The van der Waals surface area contributed by atoms with E-state index in [-0.39, 0.29) is 12.4 Å². The van der Waals surface area contributed by atoms with Gasteiger partial charge in [-0.2, -0.15) is 11.8 Å². The normalized spacial score (nSPS) is 10.1. The predicted octanol–water partition coefficient (Wildman–Crippen LogP) is 1.93. The maximum Gasteiger partial charge on any atom is 0.123 e. The molecule has 14 heavy (non-hydrogen) atoms. The van der Waals surface area contributed by atoms with Crippen LogP contribution in [0.3, 0.4) is 0 Å². The van der Waals surface area contributed by atoms with E-state index in [0.29, 0.717) is 12.4 Å². The fourth-order valence-electron chi connectivity index (χ4n) is 0.916. The lowest BCUT2D eigenvalue weighted by atomic mass is 10.3. The van der Waals surface area contributed by atoms with Crippen LogP contribution in [0.15, 0.2) is 24.3 Å². The van der Waals surface area contributed by atoms with Crippen molar-refractivity contribution in [3.8, 4) is 5.75 Å². The molecular formula is C10H13FO2S. The molecule has 0 saturated carbocycles. The molecule has 0 aliphatic rings. The maximum absolute atomic E-state index is 12.5. The molecule has 0 aliphatic heterocycles. The summed E-state index contributed by atoms with van der Waals surface area (Å²) in [6.45, 7) is 0.775. The lowest BCUT2D eigenvalue weighted by Crippen LogP contribution is -2.01. The van der Waals surface area contributed by atoms with Gasteiger partial charge in [-0.25, -0.2) is 4.39 Å². The van der Waals surface area contributed by atoms with E-state index in [1.165, 1.54) is 12.1 Å². The number of hydrogen-bond acceptors (Lipinski definition) is 3. The highest BCUT2D eigenvalue weighted by Gasteiger charge is 1.94. The van der Waals surface area contributed by atoms with Gasteiger partial charge in [-0.05, 0) is 24.3 Å². The van der Waals surface area contributed by atoms with Crippen LogP contribution in [0.25, 0.3) is 0 Å². The molecule has 1 rings (SSSR count). The topological polar surface area (TPSA) is 29.5 Å². The molecule has 2 nitrogen and oxygen atoms in total. The van der Waals surface area contributed by atoms with Crippen molar-refractivity contribution in [3.63, 3.8) is 0 Å². The Morgan fingerprint density at radius 1 is 1.21 bits per heavy atom. The van der Waals surface area contributed by atoms with E-state index in [4.69, 9.17) is 9.84 Å². The zero-order valence-electron chi connectivity index (χ0n) is 7.78. The standard InChI is InChI=1S/C10H13FO2S/c11-9-1-3-10(4-2-9)13-6-8-14-7-5-12/h1-4,12H,5-8H2. The molecule has 0 radical (unpaired) electrons. The van der Waals surface area contributed by atoms with Crippen LogP contribution in [-0.2, 0) is 0 Å². The molecule has 1 aromatic rings. The highest BCUT2D eigenvalue weighted by Crippen LogP contribution is 2.11. The Morgan fingerprint density at radius 3 is 2.57 bits per heavy atom. The Bertz CT molecular complexity index is 251. The Hall–Kier alpha value is -0.740. The fourth-order valence-corrected chi connectivity index (χ4v) is 1.45. The van der Waals surface area contributed by atoms with Crippen LogP contribution in [0.1, 0.15) is 0 Å². The number of thioether (sulfide) groups is 1. The Kier molecular flexibility index (Phi) is 5.40. The molecule has 0 saturated heterocycles. The Morgan fingerprint density at radius 2 is 1.93 bits per heavy atom. The van der Waals surface area contributed by atoms with E-state index in [0.717, 1.165) is 11.5 Å². The van der Waals surface area contributed by atoms with Crippen LogP contribution < -0.4 is 4.74 Å². The third-order valence-electron chi connectivity index (χ3n) is 1.55. The van der Waals surface area contributed by atoms with Crippen molar-refractivity contribution in [2.75, 3.05) is 24.7 Å². The molecule has 4 heteroatoms. The quantitative estimate of drug-likeness (QED) is 0.737. The summed E-state index contributed by atoms with van der Waals surface area (Å²) in [6.07, 6.45) is 0. The minimum absolute atomic E-state index is 0.196. The van der Waals surface area contributed by atoms with E-state index in [1.54, 1.807) is 23.9 Å². The molecule has 0 fully saturated rings. The van der Waals surface area contributed by atoms with E-state index in [2.05, 4.69) is 0 Å². The first kappa shape index (κ1) is 11.3. The Balaban J connectivity index is 2.15. The minimum atomic E-state index is -0.257. The van der Waals surface area contributed by atoms with Gasteiger partial charge in [-0.1, -0.05) is 0 Å². The van der Waals surface area contributed by atoms with Gasteiger partial charge in [-0.3, -0.25) is 0 Å². The molecule has 78 valence electrons. The van der Waals surface area contributed by atoms with Gasteiger partial charge in [0.15, 0.2) is 0 Å². The van der Waals surface area contributed by atoms with E-state index in [9.17, 15) is 4.39 Å². The van der Waals surface area contributed by atoms with Crippen molar-refractivity contribution in [1.82, 2.24) is 0 Å². The molecule has 0 aliphatic carbocycles. The highest BCUT2D eigenvalue weighted by atomic mass is 32.2. The minimum Gasteiger partial charge on any atom is -0.493 e. The molecule has 0 atom stereocenters. The van der Waals surface area contributed by atoms with Gasteiger partial charge >= 0.3 is 0 Å². The SMILES string of the molecule is OCCSCCOc1ccc(F)cc1. The predicted molar refractivity (Wildman–Crippen MR) is 56.3 cm³/mol. The second-order valence-corrected chi connectivity index (χ2v) is 3.86. The van der Waals surface area contributed by atoms with Crippen molar-refractivity contribution in [1.29, 1.82) is 0 Å². The average molecular weight is 216 g/mol. The monoisotopic (exact) mass is 216 g/mol. The molecular weight excluding hydrogens is 203 g/mol. The third-order valence-corrected chi connectivity index (χ3v) is 2.47. The van der Waals surface area contributed by atoms with Gasteiger partial charge in [-0.15, -0.1) is 0 Å². The molecule has 1 N–H and O–H groups in total. The number of ether oxygens (including phenoxy) is 1. The first-order valence-electron chi connectivity index (χ1n) is 4.40. The summed E-state index contributed by atoms with van der Waals surface area (Å²) in [5.74, 6) is 1.98. The van der Waals surface area contributed by atoms with Gasteiger partial charge in [0.2, 0.25) is 0 Å². The van der Waals surface area contributed by atoms with Gasteiger partial charge in [0.1, 0.15) is 11.6 Å². The van der Waals surface area contributed by atoms with Crippen LogP contribution in [0.2, 0.25) is 0 Å². The van der Waals surface area contributed by atoms with Crippen molar-refractivity contribution < 1.29 is 14.2 Å². The number of rotatable bonds is 6. The summed E-state index contributed by atoms with van der Waals surface area (Å²) in [5, 5.41) is 8.51. The Labute approximate surface area is 87.1 Å². The van der Waals surface area contributed by atoms with Crippen LogP contribution in [0.5, 0.6) is 5.75 Å². The van der Waals surface area contributed by atoms with Crippen LogP contribution in [0, 0.1) is 5.82 Å². The molecule has 0 aromatic heterocycles. The summed E-state index contributed by atoms with van der Waals surface area (Å²) >= 11 is 1.63. The zero-order chi connectivity index (χ0) is 10.2. The molecule has 0 unspecified atom stereocenters. The van der Waals surface area contributed by atoms with Crippen LogP contribution >= 0.6 is 11.8 Å². The second-order valence-electron chi connectivity index (χ2n) is 2.64. The number of aliphatic hydroxyl groups is 1. The molecule has 0 heterocycles. The van der Waals surface area contributed by atoms with Crippen LogP contribution in [0.4, 0.5) is 4.39 Å². The lowest BCUT2D eigenvalue weighted by Gasteiger charge is -2.04. The first-order valence-corrected chi connectivity index (χ1v) is 5.55. The van der Waals surface area contributed by atoms with E-state index < -0.39 is 0 Å². The number of aliphatic hydroxyl groups excluding tert-OH is 1. The largest absolute Gasteiger partial charge is 0.493 e. The molecule has 0 bridgehead atoms. The van der Waals surface area contributed by atoms with E-state index in [1.807, 2.05) is 0 Å². The third kappa shape index (κ3) is 4.48. The van der Waals surface area contributed by atoms with E-state index >= 15 is 0 Å². The van der Waals surface area contributed by atoms with Gasteiger partial charge < -0.3 is 9.84 Å². The zero-order valence-corrected chi connectivity index (χ0v) is 8.60. The number of halogens is 1. The summed E-state index contributed by atoms with van der Waals surface area (Å²) in [5.41, 5.74) is 0. The average Bonchev–Trinajstić information content (AvgIpc) is 2.21. The second kappa shape index (κ2) is 6.68. The highest BCUT2D eigenvalue weighted by molar-refractivity contribution is 7.99. The summed E-state index contributed by atoms with van der Waals surface area (Å²) in [6, 6.07) is 5.95. The fraction of sp³-hybridized carbons (Fsp3) is 0.400. The maximum atomic E-state index is 12.5. The van der Waals surface area contributed by atoms with Crippen molar-refractivity contribution in [2.45, 2.75) is 0 Å². The summed E-state index contributed by atoms with van der Waals surface area (Å²) < 4.78 is 17.8. The number of hydrogen-bond donors (Lipinski definition) is 1. The number of benzene rings is 1. The molecule has 0 amide bonds. The van der Waals surface area contributed by atoms with Gasteiger partial charge in [0, 0.05) is 11.5 Å².